The van der Waals surface area contributed by atoms with Gasteiger partial charge < -0.3 is 20.1 Å². The molecule has 0 radical (unpaired) electrons. The number of halogens is 4. The molecule has 1 saturated heterocycles. The SMILES string of the molecule is COc1nc2c(C)nnc(N[C@H](C)c3cccc(C(F)(F)F)c3F)c2cc1N1CCC(O)CC1. The maximum absolute atomic E-state index is 14.7. The molecular weight excluding hydrogens is 454 g/mol. The monoisotopic (exact) mass is 479 g/mol. The normalized spacial score (nSPS) is 16.1. The first-order valence-corrected chi connectivity index (χ1v) is 10.9. The number of rotatable bonds is 5. The van der Waals surface area contributed by atoms with Gasteiger partial charge in [0.05, 0.1) is 30.5 Å². The van der Waals surface area contributed by atoms with Gasteiger partial charge in [-0.15, -0.1) is 5.10 Å². The van der Waals surface area contributed by atoms with E-state index in [2.05, 4.69) is 20.5 Å². The number of aliphatic hydroxyl groups excluding tert-OH is 1. The van der Waals surface area contributed by atoms with E-state index in [1.165, 1.54) is 19.2 Å². The van der Waals surface area contributed by atoms with Crippen molar-refractivity contribution in [2.24, 2.45) is 0 Å². The number of anilines is 2. The number of nitrogens with one attached hydrogen (secondary N) is 1. The van der Waals surface area contributed by atoms with E-state index in [0.29, 0.717) is 60.2 Å². The Kier molecular flexibility index (Phi) is 6.48. The molecule has 0 unspecified atom stereocenters. The second-order valence-electron chi connectivity index (χ2n) is 8.34. The van der Waals surface area contributed by atoms with Crippen LogP contribution in [0.1, 0.15) is 42.6 Å². The number of aryl methyl sites for hydroxylation is 1. The van der Waals surface area contributed by atoms with Crippen LogP contribution in [0.15, 0.2) is 24.3 Å². The maximum Gasteiger partial charge on any atom is 0.419 e. The number of ether oxygens (including phenoxy) is 1. The fourth-order valence-electron chi connectivity index (χ4n) is 4.14. The summed E-state index contributed by atoms with van der Waals surface area (Å²) in [6, 6.07) is 4.19. The molecule has 0 amide bonds. The van der Waals surface area contributed by atoms with Gasteiger partial charge in [-0.1, -0.05) is 12.1 Å². The second-order valence-corrected chi connectivity index (χ2v) is 8.34. The highest BCUT2D eigenvalue weighted by Crippen LogP contribution is 2.37. The van der Waals surface area contributed by atoms with Crippen LogP contribution < -0.4 is 15.0 Å². The molecule has 1 fully saturated rings. The van der Waals surface area contributed by atoms with Crippen molar-refractivity contribution in [1.29, 1.82) is 0 Å². The minimum atomic E-state index is -4.80. The summed E-state index contributed by atoms with van der Waals surface area (Å²) in [7, 11) is 1.51. The van der Waals surface area contributed by atoms with Crippen molar-refractivity contribution in [3.05, 3.63) is 46.9 Å². The second kappa shape index (κ2) is 9.21. The van der Waals surface area contributed by atoms with Crippen LogP contribution in [0.5, 0.6) is 5.88 Å². The average molecular weight is 479 g/mol. The summed E-state index contributed by atoms with van der Waals surface area (Å²) in [6.07, 6.45) is -3.95. The largest absolute Gasteiger partial charge is 0.480 e. The van der Waals surface area contributed by atoms with Crippen molar-refractivity contribution < 1.29 is 27.4 Å². The van der Waals surface area contributed by atoms with Gasteiger partial charge in [0.2, 0.25) is 5.88 Å². The number of methoxy groups -OCH3 is 1. The van der Waals surface area contributed by atoms with E-state index in [-0.39, 0.29) is 17.5 Å². The van der Waals surface area contributed by atoms with Crippen LogP contribution in [0, 0.1) is 12.7 Å². The highest BCUT2D eigenvalue weighted by atomic mass is 19.4. The first kappa shape index (κ1) is 23.9. The maximum atomic E-state index is 14.7. The van der Waals surface area contributed by atoms with Crippen LogP contribution >= 0.6 is 0 Å². The number of aliphatic hydroxyl groups is 1. The van der Waals surface area contributed by atoms with E-state index in [0.717, 1.165) is 0 Å². The molecule has 4 rings (SSSR count). The van der Waals surface area contributed by atoms with Crippen LogP contribution in [0.4, 0.5) is 29.1 Å². The van der Waals surface area contributed by atoms with E-state index in [4.69, 9.17) is 4.74 Å². The molecule has 1 aliphatic heterocycles. The Labute approximate surface area is 193 Å². The number of hydrogen-bond acceptors (Lipinski definition) is 7. The predicted octanol–water partition coefficient (Wildman–Crippen LogP) is 4.63. The molecule has 1 atom stereocenters. The standard InChI is InChI=1S/C23H25F4N5O2/c1-12(15-5-4-6-17(19(15)24)23(25,26)27)28-21-16-11-18(32-9-7-14(33)8-10-32)22(34-3)29-20(16)13(2)30-31-21/h4-6,11-12,14,33H,7-10H2,1-3H3,(H,28,31)/t12-/m1/s1. The Hall–Kier alpha value is -3.21. The quantitative estimate of drug-likeness (QED) is 0.516. The molecular formula is C23H25F4N5O2. The van der Waals surface area contributed by atoms with Gasteiger partial charge in [-0.25, -0.2) is 9.37 Å². The molecule has 0 aliphatic carbocycles. The minimum absolute atomic E-state index is 0.142. The van der Waals surface area contributed by atoms with Crippen LogP contribution in [0.2, 0.25) is 0 Å². The summed E-state index contributed by atoms with van der Waals surface area (Å²) in [4.78, 5) is 6.65. The van der Waals surface area contributed by atoms with Gasteiger partial charge in [-0.2, -0.15) is 18.3 Å². The van der Waals surface area contributed by atoms with Crippen LogP contribution in [-0.4, -0.2) is 46.6 Å². The van der Waals surface area contributed by atoms with E-state index in [1.54, 1.807) is 13.8 Å². The van der Waals surface area contributed by atoms with Gasteiger partial charge in [-0.3, -0.25) is 0 Å². The van der Waals surface area contributed by atoms with Crippen LogP contribution in [0.25, 0.3) is 10.9 Å². The molecule has 7 nitrogen and oxygen atoms in total. The number of aromatic nitrogens is 3. The smallest absolute Gasteiger partial charge is 0.419 e. The predicted molar refractivity (Wildman–Crippen MR) is 120 cm³/mol. The van der Waals surface area contributed by atoms with E-state index in [1.807, 2.05) is 11.0 Å². The summed E-state index contributed by atoms with van der Waals surface area (Å²) in [5.74, 6) is -0.673. The highest BCUT2D eigenvalue weighted by molar-refractivity contribution is 5.93. The zero-order valence-corrected chi connectivity index (χ0v) is 18.9. The molecule has 11 heteroatoms. The molecule has 0 spiro atoms. The van der Waals surface area contributed by atoms with Gasteiger partial charge in [0.1, 0.15) is 17.0 Å². The number of fused-ring (bicyclic) bond motifs is 1. The number of nitrogens with zero attached hydrogens (tertiary/aromatic N) is 4. The number of hydrogen-bond donors (Lipinski definition) is 2. The van der Waals surface area contributed by atoms with Gasteiger partial charge in [0.25, 0.3) is 0 Å². The Morgan fingerprint density at radius 3 is 2.56 bits per heavy atom. The third-order valence-electron chi connectivity index (χ3n) is 6.02. The fourth-order valence-corrected chi connectivity index (χ4v) is 4.14. The molecule has 2 aromatic heterocycles. The molecule has 3 aromatic rings. The van der Waals surface area contributed by atoms with Gasteiger partial charge >= 0.3 is 6.18 Å². The first-order valence-electron chi connectivity index (χ1n) is 10.9. The Morgan fingerprint density at radius 1 is 1.21 bits per heavy atom. The first-order chi connectivity index (χ1) is 16.1. The summed E-state index contributed by atoms with van der Waals surface area (Å²) in [5.41, 5.74) is 0.288. The van der Waals surface area contributed by atoms with Gasteiger partial charge in [0.15, 0.2) is 5.82 Å². The lowest BCUT2D eigenvalue weighted by atomic mass is 10.0. The molecule has 0 saturated carbocycles. The molecule has 34 heavy (non-hydrogen) atoms. The minimum Gasteiger partial charge on any atom is -0.480 e. The summed E-state index contributed by atoms with van der Waals surface area (Å²) in [5, 5.41) is 21.7. The van der Waals surface area contributed by atoms with Crippen molar-refractivity contribution in [3.8, 4) is 5.88 Å². The van der Waals surface area contributed by atoms with Crippen LogP contribution in [-0.2, 0) is 6.18 Å². The van der Waals surface area contributed by atoms with Crippen molar-refractivity contribution in [2.45, 2.75) is 45.0 Å². The molecule has 0 bridgehead atoms. The lowest BCUT2D eigenvalue weighted by Crippen LogP contribution is -2.36. The summed E-state index contributed by atoms with van der Waals surface area (Å²) < 4.78 is 59.7. The lowest BCUT2D eigenvalue weighted by molar-refractivity contribution is -0.140. The van der Waals surface area contributed by atoms with Crippen molar-refractivity contribution >= 4 is 22.4 Å². The van der Waals surface area contributed by atoms with Crippen LogP contribution in [0.3, 0.4) is 0 Å². The van der Waals surface area contributed by atoms with Gasteiger partial charge in [0, 0.05) is 24.0 Å². The third-order valence-corrected chi connectivity index (χ3v) is 6.02. The highest BCUT2D eigenvalue weighted by Gasteiger charge is 2.35. The number of alkyl halides is 3. The lowest BCUT2D eigenvalue weighted by Gasteiger charge is -2.32. The van der Waals surface area contributed by atoms with Gasteiger partial charge in [-0.05, 0) is 38.8 Å². The number of pyridine rings is 1. The third kappa shape index (κ3) is 4.56. The Bertz CT molecular complexity index is 1200. The molecule has 2 N–H and O–H groups in total. The number of piperidine rings is 1. The molecule has 1 aliphatic rings. The average Bonchev–Trinajstić information content (AvgIpc) is 2.80. The zero-order valence-electron chi connectivity index (χ0n) is 18.9. The molecule has 182 valence electrons. The van der Waals surface area contributed by atoms with E-state index < -0.39 is 23.6 Å². The van der Waals surface area contributed by atoms with Crippen molar-refractivity contribution in [1.82, 2.24) is 15.2 Å². The molecule has 3 heterocycles. The van der Waals surface area contributed by atoms with E-state index in [9.17, 15) is 22.7 Å². The fraction of sp³-hybridized carbons (Fsp3) is 0.435. The Balaban J connectivity index is 1.75. The summed E-state index contributed by atoms with van der Waals surface area (Å²) in [6.45, 7) is 4.50. The molecule has 1 aromatic carbocycles. The Morgan fingerprint density at radius 2 is 1.91 bits per heavy atom. The summed E-state index contributed by atoms with van der Waals surface area (Å²) >= 11 is 0. The van der Waals surface area contributed by atoms with Crippen molar-refractivity contribution in [3.63, 3.8) is 0 Å². The zero-order chi connectivity index (χ0) is 24.6. The van der Waals surface area contributed by atoms with E-state index >= 15 is 0 Å². The number of benzene rings is 1. The topological polar surface area (TPSA) is 83.4 Å². The van der Waals surface area contributed by atoms with Crippen molar-refractivity contribution in [2.75, 3.05) is 30.4 Å².